The van der Waals surface area contributed by atoms with E-state index in [0.717, 1.165) is 17.0 Å². The van der Waals surface area contributed by atoms with Gasteiger partial charge in [-0.05, 0) is 29.8 Å². The van der Waals surface area contributed by atoms with Gasteiger partial charge in [0.25, 0.3) is 10.0 Å². The third kappa shape index (κ3) is 5.54. The number of benzene rings is 2. The van der Waals surface area contributed by atoms with E-state index in [2.05, 4.69) is 9.46 Å². The van der Waals surface area contributed by atoms with Gasteiger partial charge in [0.15, 0.2) is 0 Å². The number of sulfonamides is 1. The van der Waals surface area contributed by atoms with Gasteiger partial charge >= 0.3 is 6.61 Å². The monoisotopic (exact) mass is 359 g/mol. The summed E-state index contributed by atoms with van der Waals surface area (Å²) in [5.74, 6) is -0.232. The highest BCUT2D eigenvalue weighted by molar-refractivity contribution is 7.95. The molecule has 1 N–H and O–H groups in total. The second kappa shape index (κ2) is 7.43. The zero-order valence-corrected chi connectivity index (χ0v) is 13.2. The molecule has 0 saturated heterocycles. The van der Waals surface area contributed by atoms with Crippen molar-refractivity contribution in [2.24, 2.45) is 0 Å². The van der Waals surface area contributed by atoms with E-state index in [1.165, 1.54) is 18.2 Å². The van der Waals surface area contributed by atoms with E-state index in [-0.39, 0.29) is 16.5 Å². The normalized spacial score (nSPS) is 11.8. The third-order valence-electron chi connectivity index (χ3n) is 2.65. The summed E-state index contributed by atoms with van der Waals surface area (Å²) in [5, 5.41) is 0.873. The molecule has 0 aliphatic rings. The van der Waals surface area contributed by atoms with Gasteiger partial charge < -0.3 is 4.74 Å². The van der Waals surface area contributed by atoms with E-state index in [4.69, 9.17) is 11.6 Å². The zero-order valence-electron chi connectivity index (χ0n) is 11.6. The largest absolute Gasteiger partial charge is 0.433 e. The first-order valence-electron chi connectivity index (χ1n) is 6.36. The van der Waals surface area contributed by atoms with Crippen molar-refractivity contribution in [1.29, 1.82) is 0 Å². The lowest BCUT2D eigenvalue weighted by Crippen LogP contribution is -2.09. The van der Waals surface area contributed by atoms with Crippen molar-refractivity contribution in [2.75, 3.05) is 4.72 Å². The Morgan fingerprint density at radius 3 is 2.43 bits per heavy atom. The molecule has 23 heavy (non-hydrogen) atoms. The van der Waals surface area contributed by atoms with Crippen LogP contribution in [0.15, 0.2) is 53.9 Å². The Kier molecular flexibility index (Phi) is 5.57. The minimum absolute atomic E-state index is 0.127. The fourth-order valence-corrected chi connectivity index (χ4v) is 2.77. The number of hydrogen-bond acceptors (Lipinski definition) is 3. The van der Waals surface area contributed by atoms with E-state index in [0.29, 0.717) is 0 Å². The fraction of sp³-hybridized carbons (Fsp3) is 0.0667. The van der Waals surface area contributed by atoms with Gasteiger partial charge in [-0.3, -0.25) is 4.72 Å². The summed E-state index contributed by atoms with van der Waals surface area (Å²) in [7, 11) is -3.76. The predicted molar refractivity (Wildman–Crippen MR) is 86.1 cm³/mol. The van der Waals surface area contributed by atoms with Crippen LogP contribution < -0.4 is 9.46 Å². The molecule has 0 fully saturated rings. The maximum absolute atomic E-state index is 12.1. The molecular weight excluding hydrogens is 348 g/mol. The highest BCUT2D eigenvalue weighted by Crippen LogP contribution is 2.29. The van der Waals surface area contributed by atoms with Crippen LogP contribution >= 0.6 is 11.6 Å². The first-order chi connectivity index (χ1) is 10.9. The first-order valence-corrected chi connectivity index (χ1v) is 8.28. The second-order valence-electron chi connectivity index (χ2n) is 4.38. The lowest BCUT2D eigenvalue weighted by atomic mass is 10.2. The maximum Gasteiger partial charge on any atom is 0.387 e. The van der Waals surface area contributed by atoms with Crippen LogP contribution in [0.3, 0.4) is 0 Å². The Hall–Kier alpha value is -2.12. The van der Waals surface area contributed by atoms with Crippen molar-refractivity contribution in [1.82, 2.24) is 0 Å². The predicted octanol–water partition coefficient (Wildman–Crippen LogP) is 4.35. The van der Waals surface area contributed by atoms with Gasteiger partial charge in [-0.15, -0.1) is 0 Å². The third-order valence-corrected chi connectivity index (χ3v) is 3.96. The Morgan fingerprint density at radius 2 is 1.83 bits per heavy atom. The summed E-state index contributed by atoms with van der Waals surface area (Å²) in [5.41, 5.74) is 0.853. The first kappa shape index (κ1) is 17.2. The summed E-state index contributed by atoms with van der Waals surface area (Å²) >= 11 is 5.76. The maximum atomic E-state index is 12.1. The molecule has 0 amide bonds. The van der Waals surface area contributed by atoms with Gasteiger partial charge in [0, 0.05) is 0 Å². The molecular formula is C15H12ClF2NO3S. The van der Waals surface area contributed by atoms with Crippen LogP contribution in [0, 0.1) is 0 Å². The van der Waals surface area contributed by atoms with Gasteiger partial charge in [-0.1, -0.05) is 41.9 Å². The minimum atomic E-state index is -3.76. The lowest BCUT2D eigenvalue weighted by molar-refractivity contribution is -0.0497. The van der Waals surface area contributed by atoms with Gasteiger partial charge in [0.1, 0.15) is 5.75 Å². The number of rotatable bonds is 6. The van der Waals surface area contributed by atoms with Gasteiger partial charge in [-0.25, -0.2) is 8.42 Å². The molecule has 0 saturated carbocycles. The average molecular weight is 360 g/mol. The van der Waals surface area contributed by atoms with Crippen LogP contribution in [0.2, 0.25) is 5.02 Å². The van der Waals surface area contributed by atoms with Crippen LogP contribution in [-0.4, -0.2) is 15.0 Å². The molecule has 2 aromatic carbocycles. The van der Waals surface area contributed by atoms with Crippen LogP contribution in [0.5, 0.6) is 5.75 Å². The topological polar surface area (TPSA) is 55.4 Å². The summed E-state index contributed by atoms with van der Waals surface area (Å²) < 4.78 is 54.6. The number of hydrogen-bond donors (Lipinski definition) is 1. The summed E-state index contributed by atoms with van der Waals surface area (Å²) in [6.07, 6.45) is 1.43. The molecule has 2 aromatic rings. The van der Waals surface area contributed by atoms with Crippen LogP contribution in [0.4, 0.5) is 14.5 Å². The van der Waals surface area contributed by atoms with Crippen LogP contribution in [0.1, 0.15) is 5.56 Å². The van der Waals surface area contributed by atoms with Crippen LogP contribution in [-0.2, 0) is 10.0 Å². The van der Waals surface area contributed by atoms with Crippen molar-refractivity contribution < 1.29 is 21.9 Å². The smallest absolute Gasteiger partial charge is 0.387 e. The Balaban J connectivity index is 2.11. The highest BCUT2D eigenvalue weighted by Gasteiger charge is 2.11. The number of anilines is 1. The molecule has 0 aliphatic carbocycles. The summed E-state index contributed by atoms with van der Waals surface area (Å²) in [4.78, 5) is 0. The van der Waals surface area contributed by atoms with E-state index in [9.17, 15) is 17.2 Å². The summed E-state index contributed by atoms with van der Waals surface area (Å²) in [6.45, 7) is -3.01. The molecule has 0 atom stereocenters. The highest BCUT2D eigenvalue weighted by atomic mass is 35.5. The van der Waals surface area contributed by atoms with E-state index >= 15 is 0 Å². The number of halogens is 3. The van der Waals surface area contributed by atoms with Gasteiger partial charge in [-0.2, -0.15) is 8.78 Å². The van der Waals surface area contributed by atoms with Crippen molar-refractivity contribution in [3.8, 4) is 5.75 Å². The Bertz CT molecular complexity index is 796. The molecule has 122 valence electrons. The molecule has 0 bridgehead atoms. The molecule has 8 heteroatoms. The Morgan fingerprint density at radius 1 is 1.13 bits per heavy atom. The molecule has 0 unspecified atom stereocenters. The standard InChI is InChI=1S/C15H12ClF2NO3S/c16-13-10-12(6-7-14(13)22-15(17)18)19-23(20,21)9-8-11-4-2-1-3-5-11/h1-10,15,19H/b9-8+. The lowest BCUT2D eigenvalue weighted by Gasteiger charge is -2.09. The number of ether oxygens (including phenoxy) is 1. The molecule has 2 rings (SSSR count). The average Bonchev–Trinajstić information content (AvgIpc) is 2.49. The van der Waals surface area contributed by atoms with Gasteiger partial charge in [0.2, 0.25) is 0 Å². The molecule has 0 spiro atoms. The molecule has 0 heterocycles. The van der Waals surface area contributed by atoms with Crippen LogP contribution in [0.25, 0.3) is 6.08 Å². The van der Waals surface area contributed by atoms with Crippen molar-refractivity contribution in [2.45, 2.75) is 6.61 Å². The van der Waals surface area contributed by atoms with E-state index < -0.39 is 16.6 Å². The number of alkyl halides is 2. The van der Waals surface area contributed by atoms with Crippen molar-refractivity contribution in [3.63, 3.8) is 0 Å². The van der Waals surface area contributed by atoms with Crippen molar-refractivity contribution >= 4 is 33.4 Å². The molecule has 4 nitrogen and oxygen atoms in total. The molecule has 0 aliphatic heterocycles. The quantitative estimate of drug-likeness (QED) is 0.834. The minimum Gasteiger partial charge on any atom is -0.433 e. The van der Waals surface area contributed by atoms with E-state index in [1.54, 1.807) is 24.3 Å². The zero-order chi connectivity index (χ0) is 16.9. The van der Waals surface area contributed by atoms with Crippen molar-refractivity contribution in [3.05, 3.63) is 64.5 Å². The Labute approximate surface area is 137 Å². The summed E-state index contributed by atoms with van der Waals surface area (Å²) in [6, 6.07) is 12.5. The van der Waals surface area contributed by atoms with E-state index in [1.807, 2.05) is 6.07 Å². The van der Waals surface area contributed by atoms with Gasteiger partial charge in [0.05, 0.1) is 16.1 Å². The fourth-order valence-electron chi connectivity index (χ4n) is 1.69. The second-order valence-corrected chi connectivity index (χ2v) is 6.36. The SMILES string of the molecule is O=S(=O)(/C=C/c1ccccc1)Nc1ccc(OC(F)F)c(Cl)c1. The molecule has 0 radical (unpaired) electrons. The number of nitrogens with one attached hydrogen (secondary N) is 1. The molecule has 0 aromatic heterocycles.